The summed E-state index contributed by atoms with van der Waals surface area (Å²) in [7, 11) is 0. The molecule has 0 aromatic carbocycles. The van der Waals surface area contributed by atoms with Gasteiger partial charge < -0.3 is 4.74 Å². The standard InChI is InChI=1S/C15H21IO2/c1-14-6-5-10-11(16)4-2-3-9(13(17)18-14)12(14)15(10)7-8-15/h9-12H,2-8H2,1H3/t9-,10+,11-,12+,14-/m1/s1. The first-order valence-electron chi connectivity index (χ1n) is 7.44. The Morgan fingerprint density at radius 2 is 2.00 bits per heavy atom. The van der Waals surface area contributed by atoms with Crippen LogP contribution >= 0.6 is 22.6 Å². The normalized spacial score (nSPS) is 52.7. The summed E-state index contributed by atoms with van der Waals surface area (Å²) in [6.07, 6.45) is 8.68. The zero-order valence-electron chi connectivity index (χ0n) is 11.0. The van der Waals surface area contributed by atoms with Crippen molar-refractivity contribution in [2.24, 2.45) is 23.2 Å². The molecule has 2 nitrogen and oxygen atoms in total. The van der Waals surface area contributed by atoms with E-state index in [0.717, 1.165) is 22.7 Å². The molecule has 4 aliphatic rings. The van der Waals surface area contributed by atoms with Gasteiger partial charge in [-0.05, 0) is 56.8 Å². The highest BCUT2D eigenvalue weighted by atomic mass is 127. The zero-order chi connectivity index (χ0) is 12.5. The highest BCUT2D eigenvalue weighted by Crippen LogP contribution is 2.71. The Balaban J connectivity index is 1.81. The van der Waals surface area contributed by atoms with Crippen molar-refractivity contribution in [3.63, 3.8) is 0 Å². The van der Waals surface area contributed by atoms with Crippen molar-refractivity contribution in [2.45, 2.75) is 61.4 Å². The summed E-state index contributed by atoms with van der Waals surface area (Å²) < 4.78 is 6.69. The molecule has 1 saturated heterocycles. The number of hydrogen-bond donors (Lipinski definition) is 0. The number of carbonyl (C=O) groups excluding carboxylic acids is 1. The first kappa shape index (κ1) is 12.0. The fourth-order valence-corrected chi connectivity index (χ4v) is 7.01. The van der Waals surface area contributed by atoms with Gasteiger partial charge in [0.25, 0.3) is 0 Å². The predicted molar refractivity (Wildman–Crippen MR) is 77.5 cm³/mol. The Kier molecular flexibility index (Phi) is 2.42. The molecule has 2 bridgehead atoms. The summed E-state index contributed by atoms with van der Waals surface area (Å²) in [6, 6.07) is 0. The first-order chi connectivity index (χ1) is 8.57. The quantitative estimate of drug-likeness (QED) is 0.374. The van der Waals surface area contributed by atoms with Crippen LogP contribution in [0, 0.1) is 23.2 Å². The second-order valence-corrected chi connectivity index (χ2v) is 8.74. The maximum Gasteiger partial charge on any atom is 0.309 e. The number of hydrogen-bond acceptors (Lipinski definition) is 2. The average molecular weight is 360 g/mol. The third-order valence-corrected chi connectivity index (χ3v) is 7.76. The molecule has 1 aliphatic heterocycles. The highest BCUT2D eigenvalue weighted by Gasteiger charge is 2.70. The van der Waals surface area contributed by atoms with E-state index in [1.807, 2.05) is 0 Å². The molecule has 0 N–H and O–H groups in total. The number of ether oxygens (including phenoxy) is 1. The second kappa shape index (κ2) is 3.64. The lowest BCUT2D eigenvalue weighted by Crippen LogP contribution is -2.50. The van der Waals surface area contributed by atoms with E-state index in [1.54, 1.807) is 0 Å². The van der Waals surface area contributed by atoms with Crippen LogP contribution in [0.5, 0.6) is 0 Å². The average Bonchev–Trinajstić information content (AvgIpc) is 3.01. The van der Waals surface area contributed by atoms with Crippen LogP contribution in [0.15, 0.2) is 0 Å². The monoisotopic (exact) mass is 360 g/mol. The molecule has 100 valence electrons. The van der Waals surface area contributed by atoms with Crippen LogP contribution in [0.25, 0.3) is 0 Å². The summed E-state index contributed by atoms with van der Waals surface area (Å²) in [5.74, 6) is 1.74. The minimum atomic E-state index is -0.123. The Labute approximate surface area is 122 Å². The minimum absolute atomic E-state index is 0.123. The lowest BCUT2D eigenvalue weighted by molar-refractivity contribution is -0.152. The van der Waals surface area contributed by atoms with Crippen LogP contribution in [0.2, 0.25) is 0 Å². The fraction of sp³-hybridized carbons (Fsp3) is 0.933. The number of halogens is 1. The Morgan fingerprint density at radius 3 is 2.72 bits per heavy atom. The van der Waals surface area contributed by atoms with Crippen molar-refractivity contribution in [3.05, 3.63) is 0 Å². The van der Waals surface area contributed by atoms with Gasteiger partial charge in [0.2, 0.25) is 0 Å². The SMILES string of the molecule is C[C@]12CC[C@H]3[C@H](I)CCC[C@@H](C(=O)O1)[C@@H]2C31CC1. The third-order valence-electron chi connectivity index (χ3n) is 6.27. The largest absolute Gasteiger partial charge is 0.459 e. The lowest BCUT2D eigenvalue weighted by atomic mass is 9.57. The summed E-state index contributed by atoms with van der Waals surface area (Å²) >= 11 is 2.69. The van der Waals surface area contributed by atoms with Crippen LogP contribution in [0.3, 0.4) is 0 Å². The number of carbonyl (C=O) groups is 1. The molecule has 4 rings (SSSR count). The molecule has 18 heavy (non-hydrogen) atoms. The van der Waals surface area contributed by atoms with E-state index in [9.17, 15) is 4.79 Å². The van der Waals surface area contributed by atoms with Crippen LogP contribution in [-0.4, -0.2) is 15.5 Å². The maximum absolute atomic E-state index is 12.2. The van der Waals surface area contributed by atoms with E-state index >= 15 is 0 Å². The van der Waals surface area contributed by atoms with Gasteiger partial charge >= 0.3 is 5.97 Å². The van der Waals surface area contributed by atoms with Crippen molar-refractivity contribution in [2.75, 3.05) is 0 Å². The van der Waals surface area contributed by atoms with E-state index in [-0.39, 0.29) is 17.5 Å². The van der Waals surface area contributed by atoms with Crippen molar-refractivity contribution in [1.82, 2.24) is 0 Å². The molecule has 0 amide bonds. The highest BCUT2D eigenvalue weighted by molar-refractivity contribution is 14.1. The molecule has 3 heteroatoms. The van der Waals surface area contributed by atoms with Crippen molar-refractivity contribution in [1.29, 1.82) is 0 Å². The summed E-state index contributed by atoms with van der Waals surface area (Å²) in [5.41, 5.74) is 0.360. The number of rotatable bonds is 0. The van der Waals surface area contributed by atoms with Crippen molar-refractivity contribution in [3.8, 4) is 0 Å². The zero-order valence-corrected chi connectivity index (χ0v) is 13.1. The second-order valence-electron chi connectivity index (χ2n) is 7.14. The van der Waals surface area contributed by atoms with Gasteiger partial charge in [0.1, 0.15) is 5.60 Å². The Morgan fingerprint density at radius 1 is 1.22 bits per heavy atom. The van der Waals surface area contributed by atoms with Gasteiger partial charge in [-0.2, -0.15) is 0 Å². The molecule has 3 saturated carbocycles. The number of alkyl halides is 1. The van der Waals surface area contributed by atoms with E-state index < -0.39 is 0 Å². The van der Waals surface area contributed by atoms with Gasteiger partial charge in [-0.3, -0.25) is 4.79 Å². The molecule has 4 fully saturated rings. The van der Waals surface area contributed by atoms with E-state index in [0.29, 0.717) is 11.3 Å². The van der Waals surface area contributed by atoms with Gasteiger partial charge in [0, 0.05) is 9.84 Å². The molecule has 5 atom stereocenters. The van der Waals surface area contributed by atoms with E-state index in [1.165, 1.54) is 32.1 Å². The Hall–Kier alpha value is 0.200. The predicted octanol–water partition coefficient (Wildman–Crippen LogP) is 3.71. The van der Waals surface area contributed by atoms with Crippen LogP contribution < -0.4 is 0 Å². The summed E-state index contributed by atoms with van der Waals surface area (Å²) in [6.45, 7) is 2.22. The topological polar surface area (TPSA) is 26.3 Å². The van der Waals surface area contributed by atoms with Gasteiger partial charge in [-0.25, -0.2) is 0 Å². The Bertz CT molecular complexity index is 403. The van der Waals surface area contributed by atoms with Gasteiger partial charge in [0.05, 0.1) is 5.92 Å². The van der Waals surface area contributed by atoms with Gasteiger partial charge in [0.15, 0.2) is 0 Å². The molecule has 0 aromatic heterocycles. The molecule has 0 aromatic rings. The van der Waals surface area contributed by atoms with Crippen molar-refractivity contribution >= 4 is 28.6 Å². The van der Waals surface area contributed by atoms with Crippen LogP contribution in [0.4, 0.5) is 0 Å². The molecule has 3 aliphatic carbocycles. The smallest absolute Gasteiger partial charge is 0.309 e. The molecule has 1 spiro atoms. The molecule has 0 unspecified atom stereocenters. The maximum atomic E-state index is 12.2. The third kappa shape index (κ3) is 1.37. The summed E-state index contributed by atoms with van der Waals surface area (Å²) in [5, 5.41) is 0. The molecular weight excluding hydrogens is 339 g/mol. The van der Waals surface area contributed by atoms with Crippen molar-refractivity contribution < 1.29 is 9.53 Å². The van der Waals surface area contributed by atoms with E-state index in [4.69, 9.17) is 4.74 Å². The summed E-state index contributed by atoms with van der Waals surface area (Å²) in [4.78, 5) is 12.2. The molecule has 1 heterocycles. The lowest BCUT2D eigenvalue weighted by Gasteiger charge is -2.49. The number of esters is 1. The minimum Gasteiger partial charge on any atom is -0.459 e. The molecular formula is C15H21IO2. The van der Waals surface area contributed by atoms with Gasteiger partial charge in [-0.1, -0.05) is 29.0 Å². The first-order valence-corrected chi connectivity index (χ1v) is 8.68. The van der Waals surface area contributed by atoms with Crippen LogP contribution in [-0.2, 0) is 9.53 Å². The van der Waals surface area contributed by atoms with E-state index in [2.05, 4.69) is 29.5 Å². The van der Waals surface area contributed by atoms with Gasteiger partial charge in [-0.15, -0.1) is 0 Å². The fourth-order valence-electron chi connectivity index (χ4n) is 5.49. The molecule has 0 radical (unpaired) electrons. The van der Waals surface area contributed by atoms with Crippen LogP contribution in [0.1, 0.15) is 51.9 Å².